The predicted octanol–water partition coefficient (Wildman–Crippen LogP) is 2.93. The molecule has 1 N–H and O–H groups in total. The summed E-state index contributed by atoms with van der Waals surface area (Å²) in [7, 11) is 0. The molecule has 0 spiro atoms. The standard InChI is InChI=1S/C20H24N2O3/c1-3-22(17-9-7-8-16(2)14-17)20(24)15-21-19(23)12-13-25-18-10-5-4-6-11-18/h4-11,14H,3,12-13,15H2,1-2H3,(H,21,23). The molecule has 0 unspecified atom stereocenters. The van der Waals surface area contributed by atoms with Gasteiger partial charge in [0.2, 0.25) is 11.8 Å². The monoisotopic (exact) mass is 340 g/mol. The molecule has 0 saturated heterocycles. The van der Waals surface area contributed by atoms with Crippen molar-refractivity contribution in [1.29, 1.82) is 0 Å². The predicted molar refractivity (Wildman–Crippen MR) is 98.8 cm³/mol. The van der Waals surface area contributed by atoms with Crippen molar-refractivity contribution in [3.63, 3.8) is 0 Å². The summed E-state index contributed by atoms with van der Waals surface area (Å²) >= 11 is 0. The average molecular weight is 340 g/mol. The van der Waals surface area contributed by atoms with E-state index in [2.05, 4.69) is 5.32 Å². The van der Waals surface area contributed by atoms with Crippen LogP contribution in [-0.4, -0.2) is 31.5 Å². The highest BCUT2D eigenvalue weighted by Crippen LogP contribution is 2.15. The van der Waals surface area contributed by atoms with Gasteiger partial charge in [-0.05, 0) is 43.7 Å². The summed E-state index contributed by atoms with van der Waals surface area (Å²) < 4.78 is 5.48. The summed E-state index contributed by atoms with van der Waals surface area (Å²) in [4.78, 5) is 25.9. The van der Waals surface area contributed by atoms with Crippen LogP contribution in [0.4, 0.5) is 5.69 Å². The molecule has 5 nitrogen and oxygen atoms in total. The van der Waals surface area contributed by atoms with Crippen LogP contribution in [0.1, 0.15) is 18.9 Å². The Morgan fingerprint density at radius 2 is 1.84 bits per heavy atom. The largest absolute Gasteiger partial charge is 0.493 e. The number of nitrogens with zero attached hydrogens (tertiary/aromatic N) is 1. The number of carbonyl (C=O) groups excluding carboxylic acids is 2. The minimum absolute atomic E-state index is 0.0219. The summed E-state index contributed by atoms with van der Waals surface area (Å²) in [6, 6.07) is 17.1. The highest BCUT2D eigenvalue weighted by molar-refractivity contribution is 5.96. The number of aryl methyl sites for hydroxylation is 1. The van der Waals surface area contributed by atoms with E-state index in [0.717, 1.165) is 17.0 Å². The Kier molecular flexibility index (Phi) is 7.01. The fourth-order valence-corrected chi connectivity index (χ4v) is 2.44. The van der Waals surface area contributed by atoms with Crippen molar-refractivity contribution in [3.8, 4) is 5.75 Å². The number of ether oxygens (including phenoxy) is 1. The number of hydrogen-bond donors (Lipinski definition) is 1. The number of rotatable bonds is 8. The number of anilines is 1. The van der Waals surface area contributed by atoms with Crippen LogP contribution < -0.4 is 15.0 Å². The minimum atomic E-state index is -0.204. The molecule has 5 heteroatoms. The molecule has 0 aliphatic carbocycles. The number of likely N-dealkylation sites (N-methyl/N-ethyl adjacent to an activating group) is 1. The van der Waals surface area contributed by atoms with Crippen molar-refractivity contribution in [2.75, 3.05) is 24.6 Å². The van der Waals surface area contributed by atoms with E-state index in [1.165, 1.54) is 0 Å². The molecule has 0 fully saturated rings. The Balaban J connectivity index is 1.77. The van der Waals surface area contributed by atoms with Crippen LogP contribution in [-0.2, 0) is 9.59 Å². The Morgan fingerprint density at radius 1 is 1.08 bits per heavy atom. The topological polar surface area (TPSA) is 58.6 Å². The molecule has 2 rings (SSSR count). The summed E-state index contributed by atoms with van der Waals surface area (Å²) in [6.07, 6.45) is 0.207. The molecule has 2 aromatic rings. The van der Waals surface area contributed by atoms with Crippen LogP contribution in [0.25, 0.3) is 0 Å². The van der Waals surface area contributed by atoms with Gasteiger partial charge in [-0.2, -0.15) is 0 Å². The van der Waals surface area contributed by atoms with Crippen molar-refractivity contribution in [2.24, 2.45) is 0 Å². The second kappa shape index (κ2) is 9.47. The lowest BCUT2D eigenvalue weighted by Gasteiger charge is -2.21. The molecule has 0 radical (unpaired) electrons. The molecule has 0 atom stereocenters. The van der Waals surface area contributed by atoms with Crippen molar-refractivity contribution in [1.82, 2.24) is 5.32 Å². The van der Waals surface area contributed by atoms with Crippen molar-refractivity contribution < 1.29 is 14.3 Å². The van der Waals surface area contributed by atoms with Crippen LogP contribution in [0.2, 0.25) is 0 Å². The van der Waals surface area contributed by atoms with Gasteiger partial charge in [-0.15, -0.1) is 0 Å². The van der Waals surface area contributed by atoms with E-state index in [-0.39, 0.29) is 31.4 Å². The van der Waals surface area contributed by atoms with Gasteiger partial charge in [0.15, 0.2) is 0 Å². The normalized spacial score (nSPS) is 10.2. The van der Waals surface area contributed by atoms with Gasteiger partial charge in [-0.3, -0.25) is 9.59 Å². The molecular formula is C20H24N2O3. The van der Waals surface area contributed by atoms with Gasteiger partial charge in [0.1, 0.15) is 5.75 Å². The zero-order chi connectivity index (χ0) is 18.1. The number of nitrogens with one attached hydrogen (secondary N) is 1. The lowest BCUT2D eigenvalue weighted by molar-refractivity contribution is -0.125. The molecule has 2 amide bonds. The fourth-order valence-electron chi connectivity index (χ4n) is 2.44. The molecule has 0 aliphatic rings. The van der Waals surface area contributed by atoms with Crippen LogP contribution >= 0.6 is 0 Å². The SMILES string of the molecule is CCN(C(=O)CNC(=O)CCOc1ccccc1)c1cccc(C)c1. The second-order valence-electron chi connectivity index (χ2n) is 5.67. The highest BCUT2D eigenvalue weighted by Gasteiger charge is 2.14. The molecule has 0 bridgehead atoms. The molecular weight excluding hydrogens is 316 g/mol. The summed E-state index contributed by atoms with van der Waals surface area (Å²) in [5.74, 6) is 0.387. The third-order valence-electron chi connectivity index (χ3n) is 3.71. The van der Waals surface area contributed by atoms with Gasteiger partial charge in [0, 0.05) is 12.2 Å². The van der Waals surface area contributed by atoms with Crippen LogP contribution in [0.5, 0.6) is 5.75 Å². The van der Waals surface area contributed by atoms with E-state index >= 15 is 0 Å². The van der Waals surface area contributed by atoms with Gasteiger partial charge < -0.3 is 15.0 Å². The molecule has 0 saturated carbocycles. The molecule has 0 heterocycles. The van der Waals surface area contributed by atoms with E-state index in [0.29, 0.717) is 6.54 Å². The van der Waals surface area contributed by atoms with Crippen LogP contribution in [0.3, 0.4) is 0 Å². The Labute approximate surface area is 148 Å². The first-order valence-corrected chi connectivity index (χ1v) is 8.41. The fraction of sp³-hybridized carbons (Fsp3) is 0.300. The quantitative estimate of drug-likeness (QED) is 0.804. The number of amides is 2. The first-order chi connectivity index (χ1) is 12.1. The van der Waals surface area contributed by atoms with Crippen molar-refractivity contribution >= 4 is 17.5 Å². The van der Waals surface area contributed by atoms with E-state index in [1.54, 1.807) is 4.90 Å². The lowest BCUT2D eigenvalue weighted by atomic mass is 10.2. The Hall–Kier alpha value is -2.82. The number of benzene rings is 2. The Morgan fingerprint density at radius 3 is 2.52 bits per heavy atom. The van der Waals surface area contributed by atoms with Gasteiger partial charge in [0.05, 0.1) is 19.6 Å². The Bertz CT molecular complexity index is 701. The first kappa shape index (κ1) is 18.5. The molecule has 25 heavy (non-hydrogen) atoms. The molecule has 0 aromatic heterocycles. The van der Waals surface area contributed by atoms with Crippen LogP contribution in [0, 0.1) is 6.92 Å². The maximum absolute atomic E-state index is 12.4. The van der Waals surface area contributed by atoms with Gasteiger partial charge in [0.25, 0.3) is 0 Å². The number of carbonyl (C=O) groups is 2. The average Bonchev–Trinajstić information content (AvgIpc) is 2.61. The lowest BCUT2D eigenvalue weighted by Crippen LogP contribution is -2.40. The van der Waals surface area contributed by atoms with E-state index in [1.807, 2.05) is 68.4 Å². The summed E-state index contributed by atoms with van der Waals surface area (Å²) in [5, 5.41) is 2.66. The molecule has 132 valence electrons. The van der Waals surface area contributed by atoms with Gasteiger partial charge in [-0.1, -0.05) is 30.3 Å². The van der Waals surface area contributed by atoms with Crippen molar-refractivity contribution in [3.05, 3.63) is 60.2 Å². The van der Waals surface area contributed by atoms with Gasteiger partial charge >= 0.3 is 0 Å². The first-order valence-electron chi connectivity index (χ1n) is 8.41. The maximum atomic E-state index is 12.4. The molecule has 2 aromatic carbocycles. The smallest absolute Gasteiger partial charge is 0.246 e. The maximum Gasteiger partial charge on any atom is 0.246 e. The summed E-state index contributed by atoms with van der Waals surface area (Å²) in [6.45, 7) is 4.70. The zero-order valence-corrected chi connectivity index (χ0v) is 14.7. The van der Waals surface area contributed by atoms with Crippen molar-refractivity contribution in [2.45, 2.75) is 20.3 Å². The minimum Gasteiger partial charge on any atom is -0.493 e. The molecule has 0 aliphatic heterocycles. The summed E-state index contributed by atoms with van der Waals surface area (Å²) in [5.41, 5.74) is 1.93. The second-order valence-corrected chi connectivity index (χ2v) is 5.67. The highest BCUT2D eigenvalue weighted by atomic mass is 16.5. The van der Waals surface area contributed by atoms with Crippen LogP contribution in [0.15, 0.2) is 54.6 Å². The van der Waals surface area contributed by atoms with E-state index in [9.17, 15) is 9.59 Å². The third kappa shape index (κ3) is 5.95. The van der Waals surface area contributed by atoms with E-state index < -0.39 is 0 Å². The number of para-hydroxylation sites is 1. The zero-order valence-electron chi connectivity index (χ0n) is 14.7. The van der Waals surface area contributed by atoms with E-state index in [4.69, 9.17) is 4.74 Å². The van der Waals surface area contributed by atoms with Gasteiger partial charge in [-0.25, -0.2) is 0 Å². The number of hydrogen-bond acceptors (Lipinski definition) is 3. The third-order valence-corrected chi connectivity index (χ3v) is 3.71.